The maximum Gasteiger partial charge on any atom is 0.435 e. The Morgan fingerprint density at radius 1 is 0.872 bits per heavy atom. The molecule has 0 spiro atoms. The predicted octanol–water partition coefficient (Wildman–Crippen LogP) is 6.41. The summed E-state index contributed by atoms with van der Waals surface area (Å²) in [5.41, 5.74) is 1.99. The van der Waals surface area contributed by atoms with Crippen LogP contribution in [-0.4, -0.2) is 24.1 Å². The van der Waals surface area contributed by atoms with Crippen LogP contribution in [0.2, 0.25) is 0 Å². The van der Waals surface area contributed by atoms with E-state index in [4.69, 9.17) is 0 Å². The largest absolute Gasteiger partial charge is 0.435 e. The van der Waals surface area contributed by atoms with Crippen LogP contribution in [0.1, 0.15) is 34.6 Å². The summed E-state index contributed by atoms with van der Waals surface area (Å²) in [5.74, 6) is -0.807. The van der Waals surface area contributed by atoms with Crippen molar-refractivity contribution in [1.82, 2.24) is 14.5 Å². The van der Waals surface area contributed by atoms with E-state index in [-0.39, 0.29) is 21.8 Å². The lowest BCUT2D eigenvalue weighted by Gasteiger charge is -2.12. The average molecular weight is 550 g/mol. The first-order valence-electron chi connectivity index (χ1n) is 12.0. The Hall–Kier alpha value is -4.44. The molecule has 10 heteroatoms. The molecule has 1 N–H and O–H groups in total. The van der Waals surface area contributed by atoms with Crippen molar-refractivity contribution in [3.05, 3.63) is 120 Å². The van der Waals surface area contributed by atoms with Crippen molar-refractivity contribution in [2.24, 2.45) is 0 Å². The second-order valence-electron chi connectivity index (χ2n) is 8.84. The summed E-state index contributed by atoms with van der Waals surface area (Å²) in [5, 5.41) is 3.73. The molecule has 1 aromatic heterocycles. The number of benzene rings is 3. The lowest BCUT2D eigenvalue weighted by atomic mass is 10.0. The number of nitrogens with zero attached hydrogens (tertiary/aromatic N) is 2. The highest BCUT2D eigenvalue weighted by Gasteiger charge is 2.35. The number of halogens is 3. The van der Waals surface area contributed by atoms with Crippen LogP contribution in [0, 0.1) is 0 Å². The second kappa shape index (κ2) is 10.4. The zero-order chi connectivity index (χ0) is 27.6. The molecule has 1 aliphatic carbocycles. The molecule has 0 bridgehead atoms. The van der Waals surface area contributed by atoms with Crippen molar-refractivity contribution >= 4 is 21.5 Å². The molecule has 5 rings (SSSR count). The van der Waals surface area contributed by atoms with Gasteiger partial charge in [-0.2, -0.15) is 18.3 Å². The summed E-state index contributed by atoms with van der Waals surface area (Å²) >= 11 is 0. The third-order valence-electron chi connectivity index (χ3n) is 6.16. The van der Waals surface area contributed by atoms with E-state index in [9.17, 15) is 26.4 Å². The summed E-state index contributed by atoms with van der Waals surface area (Å²) in [6, 6.07) is 22.1. The molecule has 39 heavy (non-hydrogen) atoms. The van der Waals surface area contributed by atoms with Gasteiger partial charge in [-0.3, -0.25) is 4.79 Å². The zero-order valence-corrected chi connectivity index (χ0v) is 21.2. The van der Waals surface area contributed by atoms with E-state index in [1.54, 1.807) is 18.2 Å². The number of hydrogen-bond donors (Lipinski definition) is 1. The first-order chi connectivity index (χ1) is 18.6. The monoisotopic (exact) mass is 549 g/mol. The number of rotatable bonds is 6. The normalized spacial score (nSPS) is 13.7. The molecule has 0 radical (unpaired) electrons. The zero-order valence-electron chi connectivity index (χ0n) is 20.4. The third-order valence-corrected chi connectivity index (χ3v) is 7.51. The molecule has 0 aliphatic heterocycles. The Kier molecular flexibility index (Phi) is 6.96. The summed E-state index contributed by atoms with van der Waals surface area (Å²) in [4.78, 5) is 12.4. The Morgan fingerprint density at radius 3 is 2.15 bits per heavy atom. The molecule has 0 saturated carbocycles. The van der Waals surface area contributed by atoms with Gasteiger partial charge in [0.05, 0.1) is 16.3 Å². The van der Waals surface area contributed by atoms with Crippen LogP contribution in [0.4, 0.5) is 13.2 Å². The van der Waals surface area contributed by atoms with Gasteiger partial charge in [0.25, 0.3) is 15.9 Å². The number of alkyl halides is 3. The van der Waals surface area contributed by atoms with E-state index >= 15 is 0 Å². The van der Waals surface area contributed by atoms with Crippen LogP contribution in [-0.2, 0) is 16.2 Å². The van der Waals surface area contributed by atoms with Crippen molar-refractivity contribution < 1.29 is 26.4 Å². The Balaban J connectivity index is 1.37. The van der Waals surface area contributed by atoms with Gasteiger partial charge in [-0.15, -0.1) is 0 Å². The summed E-state index contributed by atoms with van der Waals surface area (Å²) in [7, 11) is -4.25. The first kappa shape index (κ1) is 26.2. The van der Waals surface area contributed by atoms with Gasteiger partial charge in [0.2, 0.25) is 0 Å². The quantitative estimate of drug-likeness (QED) is 0.301. The van der Waals surface area contributed by atoms with Gasteiger partial charge in [0.15, 0.2) is 5.69 Å². The number of allylic oxidation sites excluding steroid dienone is 4. The fraction of sp³-hybridized carbons (Fsp3) is 0.103. The summed E-state index contributed by atoms with van der Waals surface area (Å²) < 4.78 is 69.2. The van der Waals surface area contributed by atoms with Crippen molar-refractivity contribution in [2.45, 2.75) is 23.9 Å². The topological polar surface area (TPSA) is 81.1 Å². The molecular formula is C29H22F3N3O3S. The molecular weight excluding hydrogens is 527 g/mol. The SMILES string of the molecule is O=C(NS(=O)(=O)c1ccc(-n2nc(C(F)(F)F)cc2C2=CCCC=C2)cc1)c1ccc(-c2ccccc2)cc1. The third kappa shape index (κ3) is 5.70. The van der Waals surface area contributed by atoms with E-state index in [1.807, 2.05) is 47.2 Å². The highest BCUT2D eigenvalue weighted by molar-refractivity contribution is 7.90. The summed E-state index contributed by atoms with van der Waals surface area (Å²) in [6.07, 6.45) is 2.26. The highest BCUT2D eigenvalue weighted by atomic mass is 32.2. The van der Waals surface area contributed by atoms with Crippen molar-refractivity contribution in [2.75, 3.05) is 0 Å². The van der Waals surface area contributed by atoms with E-state index in [0.717, 1.165) is 28.3 Å². The van der Waals surface area contributed by atoms with Gasteiger partial charge in [-0.1, -0.05) is 60.7 Å². The maximum absolute atomic E-state index is 13.4. The van der Waals surface area contributed by atoms with Crippen LogP contribution >= 0.6 is 0 Å². The molecule has 0 fully saturated rings. The van der Waals surface area contributed by atoms with Gasteiger partial charge < -0.3 is 0 Å². The van der Waals surface area contributed by atoms with Gasteiger partial charge in [0.1, 0.15) is 0 Å². The fourth-order valence-electron chi connectivity index (χ4n) is 4.18. The minimum atomic E-state index is -4.65. The van der Waals surface area contributed by atoms with Crippen LogP contribution in [0.5, 0.6) is 0 Å². The smallest absolute Gasteiger partial charge is 0.268 e. The van der Waals surface area contributed by atoms with E-state index in [2.05, 4.69) is 5.10 Å². The minimum Gasteiger partial charge on any atom is -0.268 e. The Bertz CT molecular complexity index is 1670. The van der Waals surface area contributed by atoms with Crippen molar-refractivity contribution in [3.8, 4) is 16.8 Å². The van der Waals surface area contributed by atoms with E-state index in [1.165, 1.54) is 36.4 Å². The molecule has 4 aromatic rings. The molecule has 0 atom stereocenters. The molecule has 1 heterocycles. The lowest BCUT2D eigenvalue weighted by molar-refractivity contribution is -0.141. The molecule has 1 aliphatic rings. The number of sulfonamides is 1. The van der Waals surface area contributed by atoms with Gasteiger partial charge >= 0.3 is 6.18 Å². The number of amides is 1. The van der Waals surface area contributed by atoms with Crippen LogP contribution < -0.4 is 4.72 Å². The Morgan fingerprint density at radius 2 is 1.54 bits per heavy atom. The highest BCUT2D eigenvalue weighted by Crippen LogP contribution is 2.33. The first-order valence-corrected chi connectivity index (χ1v) is 13.5. The molecule has 3 aromatic carbocycles. The number of carbonyl (C=O) groups is 1. The summed E-state index contributed by atoms with van der Waals surface area (Å²) in [6.45, 7) is 0. The average Bonchev–Trinajstić information content (AvgIpc) is 3.40. The Labute approximate surface area is 223 Å². The maximum atomic E-state index is 13.4. The van der Waals surface area contributed by atoms with Gasteiger partial charge in [-0.25, -0.2) is 17.8 Å². The van der Waals surface area contributed by atoms with Crippen LogP contribution in [0.3, 0.4) is 0 Å². The molecule has 6 nitrogen and oxygen atoms in total. The second-order valence-corrected chi connectivity index (χ2v) is 10.5. The fourth-order valence-corrected chi connectivity index (χ4v) is 5.15. The number of hydrogen-bond acceptors (Lipinski definition) is 4. The van der Waals surface area contributed by atoms with Crippen LogP contribution in [0.15, 0.2) is 108 Å². The number of carbonyl (C=O) groups excluding carboxylic acids is 1. The minimum absolute atomic E-state index is 0.157. The molecule has 0 saturated heterocycles. The van der Waals surface area contributed by atoms with Crippen LogP contribution in [0.25, 0.3) is 22.4 Å². The van der Waals surface area contributed by atoms with Gasteiger partial charge in [0, 0.05) is 5.56 Å². The predicted molar refractivity (Wildman–Crippen MR) is 141 cm³/mol. The van der Waals surface area contributed by atoms with Crippen molar-refractivity contribution in [3.63, 3.8) is 0 Å². The molecule has 0 unspecified atom stereocenters. The standard InChI is InChI=1S/C29H22F3N3O3S/c30-29(31,32)27-19-26(22-9-5-2-6-10-22)35(33-27)24-15-17-25(18-16-24)39(37,38)34-28(36)23-13-11-21(12-14-23)20-7-3-1-4-8-20/h1,3-5,7-19H,2,6H2,(H,34,36). The van der Waals surface area contributed by atoms with E-state index < -0.39 is 27.8 Å². The molecule has 1 amide bonds. The van der Waals surface area contributed by atoms with Crippen molar-refractivity contribution in [1.29, 1.82) is 0 Å². The lowest BCUT2D eigenvalue weighted by Crippen LogP contribution is -2.30. The number of aromatic nitrogens is 2. The molecule has 198 valence electrons. The van der Waals surface area contributed by atoms with Gasteiger partial charge in [-0.05, 0) is 72.0 Å². The van der Waals surface area contributed by atoms with E-state index in [0.29, 0.717) is 12.0 Å². The number of nitrogens with one attached hydrogen (secondary N) is 1.